The first-order valence-corrected chi connectivity index (χ1v) is 10.9. The van der Waals surface area contributed by atoms with E-state index in [-0.39, 0.29) is 17.4 Å². The Morgan fingerprint density at radius 1 is 0.938 bits per heavy atom. The van der Waals surface area contributed by atoms with Gasteiger partial charge in [-0.05, 0) is 55.3 Å². The Bertz CT molecular complexity index is 1100. The largest absolute Gasteiger partial charge is 0.371 e. The SMILES string of the molecule is O=C(Nc1ccc(Cl)cn1)c1cc(Cl)ccc1NC(=O)C1CCN(c2ccncc2)CC1. The van der Waals surface area contributed by atoms with Crippen LogP contribution >= 0.6 is 23.2 Å². The molecule has 0 radical (unpaired) electrons. The summed E-state index contributed by atoms with van der Waals surface area (Å²) in [4.78, 5) is 36.1. The van der Waals surface area contributed by atoms with Crippen molar-refractivity contribution in [1.82, 2.24) is 9.97 Å². The van der Waals surface area contributed by atoms with Gasteiger partial charge in [0.05, 0.1) is 16.3 Å². The highest BCUT2D eigenvalue weighted by atomic mass is 35.5. The summed E-state index contributed by atoms with van der Waals surface area (Å²) in [6.07, 6.45) is 6.41. The molecule has 0 spiro atoms. The van der Waals surface area contributed by atoms with Crippen molar-refractivity contribution in [1.29, 1.82) is 0 Å². The molecule has 4 rings (SSSR count). The van der Waals surface area contributed by atoms with Crippen LogP contribution in [0.3, 0.4) is 0 Å². The lowest BCUT2D eigenvalue weighted by Gasteiger charge is -2.33. The standard InChI is InChI=1S/C23H21Cl2N5O2/c24-16-1-3-20(19(13-16)23(32)29-21-4-2-17(25)14-27-21)28-22(31)15-7-11-30(12-8-15)18-5-9-26-10-6-18/h1-6,9-10,13-15H,7-8,11-12H2,(H,28,31)(H,27,29,32). The number of benzene rings is 1. The first-order chi connectivity index (χ1) is 15.5. The minimum atomic E-state index is -0.426. The second kappa shape index (κ2) is 9.97. The molecule has 1 aliphatic heterocycles. The molecule has 164 valence electrons. The normalized spacial score (nSPS) is 14.1. The van der Waals surface area contributed by atoms with Gasteiger partial charge in [0, 0.05) is 48.3 Å². The summed E-state index contributed by atoms with van der Waals surface area (Å²) in [5, 5.41) is 6.47. The summed E-state index contributed by atoms with van der Waals surface area (Å²) in [6.45, 7) is 1.55. The summed E-state index contributed by atoms with van der Waals surface area (Å²) in [5.41, 5.74) is 1.77. The first kappa shape index (κ1) is 22.0. The molecule has 0 atom stereocenters. The van der Waals surface area contributed by atoms with Crippen LogP contribution in [-0.2, 0) is 4.79 Å². The van der Waals surface area contributed by atoms with Crippen LogP contribution in [0.2, 0.25) is 10.0 Å². The molecule has 1 fully saturated rings. The van der Waals surface area contributed by atoms with Crippen molar-refractivity contribution in [3.63, 3.8) is 0 Å². The quantitative estimate of drug-likeness (QED) is 0.555. The van der Waals surface area contributed by atoms with Crippen LogP contribution < -0.4 is 15.5 Å². The monoisotopic (exact) mass is 469 g/mol. The molecule has 2 N–H and O–H groups in total. The minimum Gasteiger partial charge on any atom is -0.371 e. The second-order valence-corrected chi connectivity index (χ2v) is 8.33. The van der Waals surface area contributed by atoms with Gasteiger partial charge in [0.2, 0.25) is 5.91 Å². The number of hydrogen-bond acceptors (Lipinski definition) is 5. The third kappa shape index (κ3) is 5.36. The van der Waals surface area contributed by atoms with Gasteiger partial charge >= 0.3 is 0 Å². The number of pyridine rings is 2. The molecule has 3 aromatic rings. The van der Waals surface area contributed by atoms with Crippen LogP contribution in [0.1, 0.15) is 23.2 Å². The highest BCUT2D eigenvalue weighted by Crippen LogP contribution is 2.26. The van der Waals surface area contributed by atoms with E-state index in [9.17, 15) is 9.59 Å². The van der Waals surface area contributed by atoms with Crippen LogP contribution in [0.5, 0.6) is 0 Å². The lowest BCUT2D eigenvalue weighted by molar-refractivity contribution is -0.120. The molecule has 9 heteroatoms. The molecule has 7 nitrogen and oxygen atoms in total. The molecule has 2 aromatic heterocycles. The third-order valence-corrected chi connectivity index (χ3v) is 5.81. The average Bonchev–Trinajstić information content (AvgIpc) is 2.82. The van der Waals surface area contributed by atoms with Crippen molar-refractivity contribution in [3.8, 4) is 0 Å². The highest BCUT2D eigenvalue weighted by Gasteiger charge is 2.26. The van der Waals surface area contributed by atoms with Crippen molar-refractivity contribution >= 4 is 52.2 Å². The summed E-state index contributed by atoms with van der Waals surface area (Å²) in [7, 11) is 0. The van der Waals surface area contributed by atoms with Gasteiger partial charge in [-0.3, -0.25) is 14.6 Å². The van der Waals surface area contributed by atoms with Gasteiger partial charge in [0.1, 0.15) is 5.82 Å². The summed E-state index contributed by atoms with van der Waals surface area (Å²) < 4.78 is 0. The molecule has 0 saturated carbocycles. The van der Waals surface area contributed by atoms with E-state index < -0.39 is 5.91 Å². The maximum atomic E-state index is 12.9. The zero-order valence-electron chi connectivity index (χ0n) is 17.1. The van der Waals surface area contributed by atoms with Crippen LogP contribution in [0.25, 0.3) is 0 Å². The van der Waals surface area contributed by atoms with Gasteiger partial charge in [0.15, 0.2) is 0 Å². The number of carbonyl (C=O) groups is 2. The van der Waals surface area contributed by atoms with E-state index in [1.165, 1.54) is 12.3 Å². The summed E-state index contributed by atoms with van der Waals surface area (Å²) >= 11 is 11.9. The smallest absolute Gasteiger partial charge is 0.258 e. The van der Waals surface area contributed by atoms with Gasteiger partial charge < -0.3 is 15.5 Å². The molecule has 1 aromatic carbocycles. The van der Waals surface area contributed by atoms with E-state index in [1.807, 2.05) is 12.1 Å². The fraction of sp³-hybridized carbons (Fsp3) is 0.217. The second-order valence-electron chi connectivity index (χ2n) is 7.46. The van der Waals surface area contributed by atoms with E-state index in [2.05, 4.69) is 25.5 Å². The van der Waals surface area contributed by atoms with Gasteiger partial charge in [-0.2, -0.15) is 0 Å². The number of amides is 2. The number of piperidine rings is 1. The number of aromatic nitrogens is 2. The van der Waals surface area contributed by atoms with Crippen molar-refractivity contribution in [2.75, 3.05) is 28.6 Å². The number of hydrogen-bond donors (Lipinski definition) is 2. The maximum absolute atomic E-state index is 12.9. The molecule has 32 heavy (non-hydrogen) atoms. The number of rotatable bonds is 5. The zero-order valence-corrected chi connectivity index (χ0v) is 18.6. The van der Waals surface area contributed by atoms with E-state index in [1.54, 1.807) is 36.7 Å². The number of halogens is 2. The Kier molecular flexibility index (Phi) is 6.87. The molecule has 1 aliphatic rings. The maximum Gasteiger partial charge on any atom is 0.258 e. The lowest BCUT2D eigenvalue weighted by atomic mass is 9.95. The van der Waals surface area contributed by atoms with Gasteiger partial charge in [-0.15, -0.1) is 0 Å². The van der Waals surface area contributed by atoms with E-state index in [4.69, 9.17) is 23.2 Å². The number of nitrogens with one attached hydrogen (secondary N) is 2. The minimum absolute atomic E-state index is 0.111. The van der Waals surface area contributed by atoms with Crippen molar-refractivity contribution in [3.05, 3.63) is 76.7 Å². The molecule has 0 bridgehead atoms. The van der Waals surface area contributed by atoms with Crippen molar-refractivity contribution < 1.29 is 9.59 Å². The lowest BCUT2D eigenvalue weighted by Crippen LogP contribution is -2.38. The fourth-order valence-electron chi connectivity index (χ4n) is 3.64. The summed E-state index contributed by atoms with van der Waals surface area (Å²) in [5.74, 6) is -0.330. The number of anilines is 3. The Balaban J connectivity index is 1.42. The molecule has 3 heterocycles. The van der Waals surface area contributed by atoms with Crippen LogP contribution in [0, 0.1) is 5.92 Å². The van der Waals surface area contributed by atoms with E-state index in [0.717, 1.165) is 31.6 Å². The number of carbonyl (C=O) groups excluding carboxylic acids is 2. The topological polar surface area (TPSA) is 87.2 Å². The van der Waals surface area contributed by atoms with Gasteiger partial charge in [0.25, 0.3) is 5.91 Å². The zero-order chi connectivity index (χ0) is 22.5. The predicted octanol–water partition coefficient (Wildman–Crippen LogP) is 4.89. The molecular formula is C23H21Cl2N5O2. The molecule has 1 saturated heterocycles. The Morgan fingerprint density at radius 3 is 2.34 bits per heavy atom. The van der Waals surface area contributed by atoms with Crippen LogP contribution in [0.4, 0.5) is 17.2 Å². The van der Waals surface area contributed by atoms with Gasteiger partial charge in [-0.25, -0.2) is 4.98 Å². The van der Waals surface area contributed by atoms with Crippen molar-refractivity contribution in [2.45, 2.75) is 12.8 Å². The highest BCUT2D eigenvalue weighted by molar-refractivity contribution is 6.31. The molecule has 0 aliphatic carbocycles. The third-order valence-electron chi connectivity index (χ3n) is 5.35. The first-order valence-electron chi connectivity index (χ1n) is 10.2. The predicted molar refractivity (Wildman–Crippen MR) is 126 cm³/mol. The van der Waals surface area contributed by atoms with E-state index in [0.29, 0.717) is 21.6 Å². The van der Waals surface area contributed by atoms with E-state index >= 15 is 0 Å². The molecule has 0 unspecified atom stereocenters. The fourth-order valence-corrected chi connectivity index (χ4v) is 3.92. The average molecular weight is 470 g/mol. The molecular weight excluding hydrogens is 449 g/mol. The Morgan fingerprint density at radius 2 is 1.66 bits per heavy atom. The van der Waals surface area contributed by atoms with Crippen LogP contribution in [-0.4, -0.2) is 34.9 Å². The van der Waals surface area contributed by atoms with Gasteiger partial charge in [-0.1, -0.05) is 23.2 Å². The Hall–Kier alpha value is -3.16. The van der Waals surface area contributed by atoms with Crippen molar-refractivity contribution in [2.24, 2.45) is 5.92 Å². The van der Waals surface area contributed by atoms with Crippen LogP contribution in [0.15, 0.2) is 61.1 Å². The molecule has 2 amide bonds. The Labute approximate surface area is 195 Å². The number of nitrogens with zero attached hydrogens (tertiary/aromatic N) is 3. The summed E-state index contributed by atoms with van der Waals surface area (Å²) in [6, 6.07) is 12.0.